The molecule has 8 nitrogen and oxygen atoms in total. The quantitative estimate of drug-likeness (QED) is 0.253. The maximum absolute atomic E-state index is 13.3. The highest BCUT2D eigenvalue weighted by Crippen LogP contribution is 2.32. The normalized spacial score (nSPS) is 17.9. The molecule has 2 N–H and O–H groups in total. The summed E-state index contributed by atoms with van der Waals surface area (Å²) in [6.45, 7) is 16.3. The van der Waals surface area contributed by atoms with Crippen LogP contribution in [0.2, 0.25) is 19.6 Å². The van der Waals surface area contributed by atoms with Gasteiger partial charge >= 0.3 is 6.03 Å². The van der Waals surface area contributed by atoms with Crippen LogP contribution in [0.3, 0.4) is 0 Å². The van der Waals surface area contributed by atoms with Crippen molar-refractivity contribution in [1.82, 2.24) is 14.7 Å². The SMILES string of the molecule is Cc1ccc(-n2nc([Si](C)(C)C)cc2NC(=O)Nc2ccc(OCCN3C[C@@H](C)O[C@@H](C)C3)c3ccccc23)cc1. The summed E-state index contributed by atoms with van der Waals surface area (Å²) < 4.78 is 13.9. The number of aryl methyl sites for hydroxylation is 1. The molecule has 4 aromatic rings. The number of anilines is 2. The number of carbonyl (C=O) groups excluding carboxylic acids is 1. The van der Waals surface area contributed by atoms with Crippen molar-refractivity contribution in [3.63, 3.8) is 0 Å². The second-order valence-corrected chi connectivity index (χ2v) is 17.0. The van der Waals surface area contributed by atoms with Crippen molar-refractivity contribution < 1.29 is 14.3 Å². The van der Waals surface area contributed by atoms with Crippen LogP contribution in [0.5, 0.6) is 5.75 Å². The highest BCUT2D eigenvalue weighted by Gasteiger charge is 2.24. The van der Waals surface area contributed by atoms with Gasteiger partial charge in [0.15, 0.2) is 0 Å². The van der Waals surface area contributed by atoms with Gasteiger partial charge in [0, 0.05) is 35.7 Å². The Labute approximate surface area is 243 Å². The molecule has 0 unspecified atom stereocenters. The molecule has 2 heterocycles. The summed E-state index contributed by atoms with van der Waals surface area (Å²) in [5.74, 6) is 1.44. The standard InChI is InChI=1S/C32H41N5O3Si/c1-22-11-13-25(14-12-22)37-30(19-31(35-37)41(4,5)6)34-32(38)33-28-15-16-29(27-10-8-7-9-26(27)28)39-18-17-36-20-23(2)40-24(3)21-36/h7-16,19,23-24H,17-18,20-21H2,1-6H3,(H2,33,34,38)/t23-,24+. The molecule has 1 aliphatic rings. The molecule has 9 heteroatoms. The molecule has 1 aromatic heterocycles. The molecule has 216 valence electrons. The number of nitrogens with one attached hydrogen (secondary N) is 2. The number of carbonyl (C=O) groups is 1. The lowest BCUT2D eigenvalue weighted by Gasteiger charge is -2.35. The molecule has 0 bridgehead atoms. The average molecular weight is 572 g/mol. The number of ether oxygens (including phenoxy) is 2. The largest absolute Gasteiger partial charge is 0.492 e. The first kappa shape index (κ1) is 28.9. The third-order valence-corrected chi connectivity index (χ3v) is 9.07. The van der Waals surface area contributed by atoms with Gasteiger partial charge in [-0.25, -0.2) is 9.48 Å². The molecule has 0 radical (unpaired) electrons. The van der Waals surface area contributed by atoms with E-state index in [1.165, 1.54) is 5.56 Å². The zero-order valence-electron chi connectivity index (χ0n) is 24.9. The number of amides is 2. The summed E-state index contributed by atoms with van der Waals surface area (Å²) in [7, 11) is -1.71. The Balaban J connectivity index is 1.31. The van der Waals surface area contributed by atoms with Gasteiger partial charge in [-0.05, 0) is 51.1 Å². The number of hydrogen-bond acceptors (Lipinski definition) is 5. The highest BCUT2D eigenvalue weighted by atomic mass is 28.3. The Kier molecular flexibility index (Phi) is 8.49. The van der Waals surface area contributed by atoms with Crippen LogP contribution in [-0.4, -0.2) is 67.2 Å². The first-order valence-electron chi connectivity index (χ1n) is 14.3. The first-order chi connectivity index (χ1) is 19.6. The Morgan fingerprint density at radius 1 is 0.976 bits per heavy atom. The third-order valence-electron chi connectivity index (χ3n) is 7.29. The fraction of sp³-hybridized carbons (Fsp3) is 0.375. The van der Waals surface area contributed by atoms with Crippen LogP contribution in [-0.2, 0) is 4.74 Å². The van der Waals surface area contributed by atoms with Gasteiger partial charge in [0.2, 0.25) is 0 Å². The van der Waals surface area contributed by atoms with Gasteiger partial charge in [-0.2, -0.15) is 5.10 Å². The third kappa shape index (κ3) is 6.98. The number of urea groups is 1. The predicted molar refractivity (Wildman–Crippen MR) is 170 cm³/mol. The van der Waals surface area contributed by atoms with E-state index < -0.39 is 8.07 Å². The molecule has 5 rings (SSSR count). The average Bonchev–Trinajstić information content (AvgIpc) is 3.34. The van der Waals surface area contributed by atoms with Crippen molar-refractivity contribution in [3.05, 3.63) is 72.3 Å². The molecular weight excluding hydrogens is 530 g/mol. The van der Waals surface area contributed by atoms with E-state index in [1.807, 2.05) is 71.4 Å². The Morgan fingerprint density at radius 2 is 1.66 bits per heavy atom. The summed E-state index contributed by atoms with van der Waals surface area (Å²) in [4.78, 5) is 15.7. The van der Waals surface area contributed by atoms with Gasteiger partial charge in [0.25, 0.3) is 0 Å². The van der Waals surface area contributed by atoms with Crippen LogP contribution in [0.4, 0.5) is 16.3 Å². The number of morpholine rings is 1. The molecule has 0 saturated carbocycles. The molecule has 1 saturated heterocycles. The summed E-state index contributed by atoms with van der Waals surface area (Å²) in [5, 5.41) is 13.9. The second kappa shape index (κ2) is 12.1. The highest BCUT2D eigenvalue weighted by molar-refractivity contribution is 6.88. The van der Waals surface area contributed by atoms with Gasteiger partial charge in [-0.3, -0.25) is 10.2 Å². The lowest BCUT2D eigenvalue weighted by molar-refractivity contribution is -0.0699. The number of rotatable bonds is 8. The summed E-state index contributed by atoms with van der Waals surface area (Å²) in [6, 6.07) is 21.6. The second-order valence-electron chi connectivity index (χ2n) is 12.0. The maximum Gasteiger partial charge on any atom is 0.324 e. The fourth-order valence-electron chi connectivity index (χ4n) is 5.25. The van der Waals surface area contributed by atoms with Crippen LogP contribution in [0.25, 0.3) is 16.5 Å². The minimum absolute atomic E-state index is 0.230. The van der Waals surface area contributed by atoms with E-state index in [-0.39, 0.29) is 18.2 Å². The van der Waals surface area contributed by atoms with Crippen molar-refractivity contribution in [2.75, 3.05) is 36.9 Å². The van der Waals surface area contributed by atoms with Gasteiger partial charge in [-0.15, -0.1) is 0 Å². The van der Waals surface area contributed by atoms with E-state index in [0.717, 1.165) is 47.2 Å². The van der Waals surface area contributed by atoms with Gasteiger partial charge in [0.1, 0.15) is 26.2 Å². The molecule has 0 aliphatic carbocycles. The molecule has 2 atom stereocenters. The van der Waals surface area contributed by atoms with E-state index in [4.69, 9.17) is 14.6 Å². The summed E-state index contributed by atoms with van der Waals surface area (Å²) >= 11 is 0. The zero-order chi connectivity index (χ0) is 29.1. The predicted octanol–water partition coefficient (Wildman–Crippen LogP) is 6.01. The molecule has 1 aliphatic heterocycles. The Bertz CT molecular complexity index is 1500. The number of fused-ring (bicyclic) bond motifs is 1. The topological polar surface area (TPSA) is 80.7 Å². The van der Waals surface area contributed by atoms with E-state index in [9.17, 15) is 4.79 Å². The smallest absolute Gasteiger partial charge is 0.324 e. The van der Waals surface area contributed by atoms with E-state index >= 15 is 0 Å². The Morgan fingerprint density at radius 3 is 2.34 bits per heavy atom. The zero-order valence-corrected chi connectivity index (χ0v) is 25.9. The van der Waals surface area contributed by atoms with E-state index in [2.05, 4.69) is 55.9 Å². The molecule has 3 aromatic carbocycles. The van der Waals surface area contributed by atoms with Gasteiger partial charge < -0.3 is 14.8 Å². The summed E-state index contributed by atoms with van der Waals surface area (Å²) in [6.07, 6.45) is 0.461. The Hall–Kier alpha value is -3.66. The van der Waals surface area contributed by atoms with Crippen LogP contribution < -0.4 is 20.7 Å². The fourth-order valence-corrected chi connectivity index (χ4v) is 6.22. The van der Waals surface area contributed by atoms with Crippen LogP contribution in [0.1, 0.15) is 19.4 Å². The van der Waals surface area contributed by atoms with Crippen LogP contribution in [0, 0.1) is 6.92 Å². The number of nitrogens with zero attached hydrogens (tertiary/aromatic N) is 3. The monoisotopic (exact) mass is 571 g/mol. The van der Waals surface area contributed by atoms with Crippen LogP contribution >= 0.6 is 0 Å². The number of hydrogen-bond donors (Lipinski definition) is 2. The minimum Gasteiger partial charge on any atom is -0.492 e. The van der Waals surface area contributed by atoms with E-state index in [1.54, 1.807) is 0 Å². The minimum atomic E-state index is -1.71. The van der Waals surface area contributed by atoms with Gasteiger partial charge in [-0.1, -0.05) is 61.6 Å². The van der Waals surface area contributed by atoms with Crippen LogP contribution in [0.15, 0.2) is 66.7 Å². The molecule has 1 fully saturated rings. The van der Waals surface area contributed by atoms with Crippen molar-refractivity contribution in [2.45, 2.75) is 52.6 Å². The lowest BCUT2D eigenvalue weighted by Crippen LogP contribution is -2.46. The van der Waals surface area contributed by atoms with Gasteiger partial charge in [0.05, 0.1) is 23.6 Å². The van der Waals surface area contributed by atoms with E-state index in [0.29, 0.717) is 18.1 Å². The molecule has 2 amide bonds. The molecule has 0 spiro atoms. The van der Waals surface area contributed by atoms with Crippen molar-refractivity contribution in [3.8, 4) is 11.4 Å². The van der Waals surface area contributed by atoms with Crippen molar-refractivity contribution in [2.24, 2.45) is 0 Å². The molecule has 41 heavy (non-hydrogen) atoms. The molecular formula is C32H41N5O3Si. The number of benzene rings is 3. The van der Waals surface area contributed by atoms with Crippen molar-refractivity contribution in [1.29, 1.82) is 0 Å². The summed E-state index contributed by atoms with van der Waals surface area (Å²) in [5.41, 5.74) is 2.79. The maximum atomic E-state index is 13.3. The first-order valence-corrected chi connectivity index (χ1v) is 17.8. The lowest BCUT2D eigenvalue weighted by atomic mass is 10.1. The van der Waals surface area contributed by atoms with Crippen molar-refractivity contribution >= 4 is 41.7 Å². The number of aromatic nitrogens is 2.